The number of amides is 1. The number of pyridine rings is 1. The highest BCUT2D eigenvalue weighted by Gasteiger charge is 2.36. The number of rotatable bonds is 3. The smallest absolute Gasteiger partial charge is 0.225 e. The second-order valence-corrected chi connectivity index (χ2v) is 5.81. The molecule has 5 nitrogen and oxygen atoms in total. The molecular formula is C16H19N3O2. The Balaban J connectivity index is 1.49. The summed E-state index contributed by atoms with van der Waals surface area (Å²) in [6, 6.07) is 5.34. The van der Waals surface area contributed by atoms with E-state index < -0.39 is 0 Å². The highest BCUT2D eigenvalue weighted by molar-refractivity contribution is 5.79. The number of aromatic nitrogens is 1. The molecule has 1 saturated carbocycles. The quantitative estimate of drug-likeness (QED) is 0.853. The summed E-state index contributed by atoms with van der Waals surface area (Å²) in [5.74, 6) is 0.969. The molecule has 1 saturated heterocycles. The monoisotopic (exact) mass is 285 g/mol. The summed E-state index contributed by atoms with van der Waals surface area (Å²) in [6.07, 6.45) is 7.25. The van der Waals surface area contributed by atoms with Crippen molar-refractivity contribution in [2.24, 2.45) is 5.92 Å². The Hall–Kier alpha value is -2.09. The fourth-order valence-electron chi connectivity index (χ4n) is 3.01. The van der Waals surface area contributed by atoms with Gasteiger partial charge in [-0.25, -0.2) is 4.98 Å². The number of nitrogens with zero attached hydrogens (tertiary/aromatic N) is 3. The van der Waals surface area contributed by atoms with Gasteiger partial charge in [-0.15, -0.1) is 0 Å². The van der Waals surface area contributed by atoms with Crippen LogP contribution in [-0.2, 0) is 4.79 Å². The molecule has 110 valence electrons. The zero-order valence-corrected chi connectivity index (χ0v) is 12.0. The number of carbonyl (C=O) groups excluding carboxylic acids is 1. The van der Waals surface area contributed by atoms with Gasteiger partial charge in [0.1, 0.15) is 6.10 Å². The van der Waals surface area contributed by atoms with E-state index in [0.29, 0.717) is 24.5 Å². The normalized spacial score (nSPS) is 19.7. The molecule has 0 bridgehead atoms. The van der Waals surface area contributed by atoms with E-state index in [4.69, 9.17) is 10.00 Å². The topological polar surface area (TPSA) is 66.2 Å². The van der Waals surface area contributed by atoms with Gasteiger partial charge in [0.2, 0.25) is 11.8 Å². The van der Waals surface area contributed by atoms with Crippen molar-refractivity contribution in [2.45, 2.75) is 38.2 Å². The fourth-order valence-corrected chi connectivity index (χ4v) is 3.01. The van der Waals surface area contributed by atoms with Crippen LogP contribution < -0.4 is 4.74 Å². The minimum Gasteiger partial charge on any atom is -0.471 e. The summed E-state index contributed by atoms with van der Waals surface area (Å²) in [5.41, 5.74) is 0.537. The van der Waals surface area contributed by atoms with Gasteiger partial charge in [0.05, 0.1) is 24.7 Å². The maximum absolute atomic E-state index is 12.3. The zero-order chi connectivity index (χ0) is 14.7. The Labute approximate surface area is 124 Å². The number of carbonyl (C=O) groups is 1. The standard InChI is InChI=1S/C16H19N3O2/c17-9-12-6-7-18-15(8-12)21-14-10-19(11-14)16(20)13-4-2-1-3-5-13/h6-8,13-14H,1-5,10-11H2. The van der Waals surface area contributed by atoms with E-state index in [-0.39, 0.29) is 17.9 Å². The van der Waals surface area contributed by atoms with Crippen molar-refractivity contribution in [3.05, 3.63) is 23.9 Å². The van der Waals surface area contributed by atoms with Crippen LogP contribution in [0.2, 0.25) is 0 Å². The minimum absolute atomic E-state index is 0.000941. The molecule has 5 heteroatoms. The Morgan fingerprint density at radius 1 is 1.33 bits per heavy atom. The molecule has 2 aliphatic rings. The highest BCUT2D eigenvalue weighted by Crippen LogP contribution is 2.27. The van der Waals surface area contributed by atoms with E-state index in [2.05, 4.69) is 11.1 Å². The molecule has 1 aromatic heterocycles. The fraction of sp³-hybridized carbons (Fsp3) is 0.562. The van der Waals surface area contributed by atoms with Crippen LogP contribution in [0.5, 0.6) is 5.88 Å². The van der Waals surface area contributed by atoms with Gasteiger partial charge in [0.25, 0.3) is 0 Å². The number of hydrogen-bond acceptors (Lipinski definition) is 4. The maximum Gasteiger partial charge on any atom is 0.225 e. The Morgan fingerprint density at radius 3 is 2.81 bits per heavy atom. The lowest BCUT2D eigenvalue weighted by Crippen LogP contribution is -2.57. The first-order chi connectivity index (χ1) is 10.3. The lowest BCUT2D eigenvalue weighted by Gasteiger charge is -2.41. The van der Waals surface area contributed by atoms with Gasteiger partial charge in [-0.05, 0) is 18.9 Å². The van der Waals surface area contributed by atoms with Crippen molar-refractivity contribution in [3.8, 4) is 11.9 Å². The van der Waals surface area contributed by atoms with Gasteiger partial charge in [-0.2, -0.15) is 5.26 Å². The first-order valence-corrected chi connectivity index (χ1v) is 7.58. The average molecular weight is 285 g/mol. The average Bonchev–Trinajstić information content (AvgIpc) is 2.51. The summed E-state index contributed by atoms with van der Waals surface area (Å²) < 4.78 is 5.70. The van der Waals surface area contributed by atoms with Crippen LogP contribution >= 0.6 is 0 Å². The van der Waals surface area contributed by atoms with E-state index in [1.165, 1.54) is 19.3 Å². The van der Waals surface area contributed by atoms with Crippen LogP contribution in [0.25, 0.3) is 0 Å². The number of likely N-dealkylation sites (tertiary alicyclic amines) is 1. The van der Waals surface area contributed by atoms with Crippen LogP contribution in [-0.4, -0.2) is 35.0 Å². The van der Waals surface area contributed by atoms with Gasteiger partial charge in [-0.3, -0.25) is 4.79 Å². The Kier molecular flexibility index (Phi) is 4.05. The van der Waals surface area contributed by atoms with Crippen molar-refractivity contribution < 1.29 is 9.53 Å². The van der Waals surface area contributed by atoms with Crippen molar-refractivity contribution in [1.29, 1.82) is 5.26 Å². The molecule has 0 radical (unpaired) electrons. The molecule has 2 heterocycles. The van der Waals surface area contributed by atoms with Crippen LogP contribution in [0.15, 0.2) is 18.3 Å². The minimum atomic E-state index is -0.000941. The van der Waals surface area contributed by atoms with Crippen LogP contribution in [0.3, 0.4) is 0 Å². The van der Waals surface area contributed by atoms with Crippen molar-refractivity contribution in [3.63, 3.8) is 0 Å². The van der Waals surface area contributed by atoms with E-state index >= 15 is 0 Å². The van der Waals surface area contributed by atoms with Crippen LogP contribution in [0.4, 0.5) is 0 Å². The largest absolute Gasteiger partial charge is 0.471 e. The highest BCUT2D eigenvalue weighted by atomic mass is 16.5. The van der Waals surface area contributed by atoms with Crippen molar-refractivity contribution in [2.75, 3.05) is 13.1 Å². The summed E-state index contributed by atoms with van der Waals surface area (Å²) >= 11 is 0. The number of nitriles is 1. The van der Waals surface area contributed by atoms with Crippen LogP contribution in [0.1, 0.15) is 37.7 Å². The molecule has 0 aromatic carbocycles. The summed E-state index contributed by atoms with van der Waals surface area (Å²) in [4.78, 5) is 18.3. The number of hydrogen-bond donors (Lipinski definition) is 0. The molecule has 1 aliphatic carbocycles. The van der Waals surface area contributed by atoms with E-state index in [1.807, 2.05) is 4.90 Å². The van der Waals surface area contributed by atoms with Gasteiger partial charge < -0.3 is 9.64 Å². The van der Waals surface area contributed by atoms with Crippen molar-refractivity contribution in [1.82, 2.24) is 9.88 Å². The second-order valence-electron chi connectivity index (χ2n) is 5.81. The molecule has 0 unspecified atom stereocenters. The molecule has 2 fully saturated rings. The van der Waals surface area contributed by atoms with E-state index in [9.17, 15) is 4.79 Å². The van der Waals surface area contributed by atoms with Crippen LogP contribution in [0, 0.1) is 17.2 Å². The molecule has 1 amide bonds. The molecule has 1 aliphatic heterocycles. The lowest BCUT2D eigenvalue weighted by atomic mass is 9.87. The van der Waals surface area contributed by atoms with Gasteiger partial charge in [0, 0.05) is 18.2 Å². The molecular weight excluding hydrogens is 266 g/mol. The molecule has 0 spiro atoms. The summed E-state index contributed by atoms with van der Waals surface area (Å²) in [7, 11) is 0. The molecule has 21 heavy (non-hydrogen) atoms. The lowest BCUT2D eigenvalue weighted by molar-refractivity contribution is -0.145. The first-order valence-electron chi connectivity index (χ1n) is 7.58. The number of ether oxygens (including phenoxy) is 1. The third-order valence-electron chi connectivity index (χ3n) is 4.27. The van der Waals surface area contributed by atoms with E-state index in [0.717, 1.165) is 12.8 Å². The van der Waals surface area contributed by atoms with Gasteiger partial charge in [0.15, 0.2) is 0 Å². The van der Waals surface area contributed by atoms with Gasteiger partial charge in [-0.1, -0.05) is 19.3 Å². The SMILES string of the molecule is N#Cc1ccnc(OC2CN(C(=O)C3CCCCC3)C2)c1. The Bertz CT molecular complexity index is 555. The molecule has 3 rings (SSSR count). The molecule has 0 N–H and O–H groups in total. The third kappa shape index (κ3) is 3.15. The maximum atomic E-state index is 12.3. The summed E-state index contributed by atoms with van der Waals surface area (Å²) in [5, 5.41) is 8.84. The zero-order valence-electron chi connectivity index (χ0n) is 12.0. The van der Waals surface area contributed by atoms with Crippen molar-refractivity contribution >= 4 is 5.91 Å². The van der Waals surface area contributed by atoms with Gasteiger partial charge >= 0.3 is 0 Å². The predicted octanol–water partition coefficient (Wildman–Crippen LogP) is 2.12. The molecule has 0 atom stereocenters. The first kappa shape index (κ1) is 13.9. The summed E-state index contributed by atoms with van der Waals surface area (Å²) in [6.45, 7) is 1.27. The predicted molar refractivity (Wildman–Crippen MR) is 76.5 cm³/mol. The van der Waals surface area contributed by atoms with E-state index in [1.54, 1.807) is 18.3 Å². The Morgan fingerprint density at radius 2 is 2.10 bits per heavy atom. The molecule has 1 aromatic rings. The third-order valence-corrected chi connectivity index (χ3v) is 4.27. The second kappa shape index (κ2) is 6.13.